The van der Waals surface area contributed by atoms with Gasteiger partial charge in [-0.3, -0.25) is 4.79 Å². The first-order valence-corrected chi connectivity index (χ1v) is 9.35. The summed E-state index contributed by atoms with van der Waals surface area (Å²) in [6.07, 6.45) is 1.75. The molecule has 2 heterocycles. The molecule has 0 aromatic heterocycles. The highest BCUT2D eigenvalue weighted by Gasteiger charge is 2.51. The summed E-state index contributed by atoms with van der Waals surface area (Å²) in [5, 5.41) is 3.04. The molecule has 0 radical (unpaired) electrons. The first-order valence-electron chi connectivity index (χ1n) is 9.35. The molecule has 1 N–H and O–H groups in total. The van der Waals surface area contributed by atoms with Gasteiger partial charge in [0.15, 0.2) is 0 Å². The average molecular weight is 359 g/mol. The molecular weight excluding hydrogens is 330 g/mol. The van der Waals surface area contributed by atoms with E-state index in [-0.39, 0.29) is 17.4 Å². The van der Waals surface area contributed by atoms with E-state index in [1.807, 2.05) is 28.0 Å². The highest BCUT2D eigenvalue weighted by atomic mass is 16.5. The van der Waals surface area contributed by atoms with E-state index < -0.39 is 0 Å². The van der Waals surface area contributed by atoms with E-state index in [2.05, 4.69) is 17.4 Å². The molecule has 1 aromatic carbocycles. The lowest BCUT2D eigenvalue weighted by molar-refractivity contribution is -0.134. The van der Waals surface area contributed by atoms with Crippen LogP contribution in [0.3, 0.4) is 0 Å². The summed E-state index contributed by atoms with van der Waals surface area (Å²) in [6.45, 7) is 5.66. The summed E-state index contributed by atoms with van der Waals surface area (Å²) in [6, 6.07) is 10.1. The second-order valence-corrected chi connectivity index (χ2v) is 7.57. The van der Waals surface area contributed by atoms with Crippen LogP contribution in [0, 0.1) is 11.3 Å². The molecule has 6 nitrogen and oxygen atoms in total. The normalized spacial score (nSPS) is 25.1. The van der Waals surface area contributed by atoms with Gasteiger partial charge in [-0.1, -0.05) is 30.3 Å². The minimum absolute atomic E-state index is 0.0137. The molecule has 26 heavy (non-hydrogen) atoms. The summed E-state index contributed by atoms with van der Waals surface area (Å²) >= 11 is 0. The highest BCUT2D eigenvalue weighted by Crippen LogP contribution is 2.42. The number of piperidine rings is 1. The van der Waals surface area contributed by atoms with Crippen molar-refractivity contribution >= 4 is 11.9 Å². The Bertz CT molecular complexity index is 636. The Hall–Kier alpha value is -2.08. The lowest BCUT2D eigenvalue weighted by atomic mass is 9.74. The Balaban J connectivity index is 1.58. The van der Waals surface area contributed by atoms with Crippen molar-refractivity contribution in [1.29, 1.82) is 0 Å². The lowest BCUT2D eigenvalue weighted by Gasteiger charge is -2.43. The van der Waals surface area contributed by atoms with Crippen LogP contribution in [0.1, 0.15) is 18.9 Å². The fraction of sp³-hybridized carbons (Fsp3) is 0.600. The van der Waals surface area contributed by atoms with Crippen LogP contribution < -0.4 is 5.32 Å². The van der Waals surface area contributed by atoms with E-state index in [0.29, 0.717) is 32.2 Å². The average Bonchev–Trinajstić information content (AvgIpc) is 3.01. The largest absolute Gasteiger partial charge is 0.384 e. The molecule has 2 aliphatic rings. The Morgan fingerprint density at radius 2 is 1.96 bits per heavy atom. The maximum absolute atomic E-state index is 12.6. The molecule has 0 unspecified atom stereocenters. The number of amides is 3. The molecule has 2 atom stereocenters. The number of benzene rings is 1. The summed E-state index contributed by atoms with van der Waals surface area (Å²) in [4.78, 5) is 28.2. The Labute approximate surface area is 155 Å². The predicted octanol–water partition coefficient (Wildman–Crippen LogP) is 1.76. The number of hydrogen-bond acceptors (Lipinski definition) is 3. The standard InChI is InChI=1S/C20H29N3O3/c1-16(24)22-11-9-18-12-23(14-20(18,13-22)15-26-2)19(25)21-10-8-17-6-4-3-5-7-17/h3-7,18H,8-15H2,1-2H3,(H,21,25)/t18-,20+/m1/s1. The lowest BCUT2D eigenvalue weighted by Crippen LogP contribution is -2.52. The number of urea groups is 1. The summed E-state index contributed by atoms with van der Waals surface area (Å²) < 4.78 is 5.48. The quantitative estimate of drug-likeness (QED) is 0.871. The summed E-state index contributed by atoms with van der Waals surface area (Å²) in [5.41, 5.74) is 1.07. The number of ether oxygens (including phenoxy) is 1. The number of carbonyl (C=O) groups excluding carboxylic acids is 2. The van der Waals surface area contributed by atoms with E-state index in [1.54, 1.807) is 14.0 Å². The molecule has 2 aliphatic heterocycles. The van der Waals surface area contributed by atoms with E-state index in [9.17, 15) is 9.59 Å². The molecule has 3 rings (SSSR count). The van der Waals surface area contributed by atoms with Gasteiger partial charge in [0.25, 0.3) is 0 Å². The first kappa shape index (κ1) is 18.7. The van der Waals surface area contributed by atoms with Gasteiger partial charge >= 0.3 is 6.03 Å². The van der Waals surface area contributed by atoms with Gasteiger partial charge in [-0.15, -0.1) is 0 Å². The molecule has 6 heteroatoms. The molecule has 1 aromatic rings. The SMILES string of the molecule is COC[C@@]12CN(C(C)=O)CC[C@@H]1CN(C(=O)NCCc1ccccc1)C2. The topological polar surface area (TPSA) is 61.9 Å². The maximum Gasteiger partial charge on any atom is 0.317 e. The van der Waals surface area contributed by atoms with Crippen LogP contribution in [0.25, 0.3) is 0 Å². The van der Waals surface area contributed by atoms with Gasteiger partial charge in [-0.05, 0) is 24.3 Å². The minimum Gasteiger partial charge on any atom is -0.384 e. The second-order valence-electron chi connectivity index (χ2n) is 7.57. The smallest absolute Gasteiger partial charge is 0.317 e. The van der Waals surface area contributed by atoms with Crippen LogP contribution in [0.15, 0.2) is 30.3 Å². The number of fused-ring (bicyclic) bond motifs is 1. The molecule has 142 valence electrons. The molecule has 2 fully saturated rings. The van der Waals surface area contributed by atoms with Crippen LogP contribution >= 0.6 is 0 Å². The van der Waals surface area contributed by atoms with E-state index in [1.165, 1.54) is 5.56 Å². The van der Waals surface area contributed by atoms with Gasteiger partial charge in [0.2, 0.25) is 5.91 Å². The molecule has 2 saturated heterocycles. The fourth-order valence-electron chi connectivity index (χ4n) is 4.37. The summed E-state index contributed by atoms with van der Waals surface area (Å²) in [7, 11) is 1.70. The molecule has 0 aliphatic carbocycles. The molecular formula is C20H29N3O3. The third-order valence-corrected chi connectivity index (χ3v) is 5.76. The van der Waals surface area contributed by atoms with E-state index in [0.717, 1.165) is 25.9 Å². The number of hydrogen-bond donors (Lipinski definition) is 1. The zero-order valence-corrected chi connectivity index (χ0v) is 15.7. The van der Waals surface area contributed by atoms with Gasteiger partial charge in [-0.2, -0.15) is 0 Å². The van der Waals surface area contributed by atoms with Crippen molar-refractivity contribution in [3.63, 3.8) is 0 Å². The molecule has 0 bridgehead atoms. The predicted molar refractivity (Wildman–Crippen MR) is 99.8 cm³/mol. The van der Waals surface area contributed by atoms with E-state index in [4.69, 9.17) is 4.74 Å². The zero-order chi connectivity index (χ0) is 18.6. The number of carbonyl (C=O) groups is 2. The van der Waals surface area contributed by atoms with Crippen LogP contribution in [0.2, 0.25) is 0 Å². The highest BCUT2D eigenvalue weighted by molar-refractivity contribution is 5.75. The van der Waals surface area contributed by atoms with Crippen LogP contribution in [0.5, 0.6) is 0 Å². The Morgan fingerprint density at radius 1 is 1.23 bits per heavy atom. The van der Waals surface area contributed by atoms with Gasteiger partial charge in [-0.25, -0.2) is 4.79 Å². The third kappa shape index (κ3) is 4.01. The number of likely N-dealkylation sites (tertiary alicyclic amines) is 2. The van der Waals surface area contributed by atoms with Crippen molar-refractivity contribution in [1.82, 2.24) is 15.1 Å². The number of nitrogens with zero attached hydrogens (tertiary/aromatic N) is 2. The van der Waals surface area contributed by atoms with Crippen molar-refractivity contribution in [3.8, 4) is 0 Å². The maximum atomic E-state index is 12.6. The first-order chi connectivity index (χ1) is 12.5. The van der Waals surface area contributed by atoms with Gasteiger partial charge < -0.3 is 19.9 Å². The monoisotopic (exact) mass is 359 g/mol. The van der Waals surface area contributed by atoms with Crippen molar-refractivity contribution in [2.75, 3.05) is 46.4 Å². The minimum atomic E-state index is -0.143. The number of methoxy groups -OCH3 is 1. The van der Waals surface area contributed by atoms with Crippen molar-refractivity contribution in [3.05, 3.63) is 35.9 Å². The van der Waals surface area contributed by atoms with Gasteiger partial charge in [0, 0.05) is 52.2 Å². The van der Waals surface area contributed by atoms with Crippen molar-refractivity contribution in [2.24, 2.45) is 11.3 Å². The van der Waals surface area contributed by atoms with Crippen LogP contribution in [-0.4, -0.2) is 68.2 Å². The molecule has 0 saturated carbocycles. The molecule has 3 amide bonds. The summed E-state index contributed by atoms with van der Waals surface area (Å²) in [5.74, 6) is 0.489. The van der Waals surface area contributed by atoms with Crippen molar-refractivity contribution < 1.29 is 14.3 Å². The fourth-order valence-corrected chi connectivity index (χ4v) is 4.37. The van der Waals surface area contributed by atoms with Gasteiger partial charge in [0.1, 0.15) is 0 Å². The third-order valence-electron chi connectivity index (χ3n) is 5.76. The van der Waals surface area contributed by atoms with Crippen LogP contribution in [-0.2, 0) is 16.0 Å². The number of nitrogens with one attached hydrogen (secondary N) is 1. The Kier molecular flexibility index (Phi) is 5.81. The van der Waals surface area contributed by atoms with Crippen LogP contribution in [0.4, 0.5) is 4.79 Å². The van der Waals surface area contributed by atoms with E-state index >= 15 is 0 Å². The Morgan fingerprint density at radius 3 is 2.65 bits per heavy atom. The van der Waals surface area contributed by atoms with Gasteiger partial charge in [0.05, 0.1) is 6.61 Å². The second kappa shape index (κ2) is 8.08. The zero-order valence-electron chi connectivity index (χ0n) is 15.7. The molecule has 0 spiro atoms. The number of rotatable bonds is 5. The van der Waals surface area contributed by atoms with Crippen molar-refractivity contribution in [2.45, 2.75) is 19.8 Å².